The zero-order valence-electron chi connectivity index (χ0n) is 14.7. The first kappa shape index (κ1) is 19.6. The molecule has 2 aromatic carbocycles. The maximum absolute atomic E-state index is 2.47. The van der Waals surface area contributed by atoms with E-state index in [1.165, 1.54) is 20.9 Å². The molecule has 0 fully saturated rings. The van der Waals surface area contributed by atoms with Crippen molar-refractivity contribution in [2.24, 2.45) is 0 Å². The summed E-state index contributed by atoms with van der Waals surface area (Å²) in [6, 6.07) is 19.6. The van der Waals surface area contributed by atoms with E-state index < -0.39 is 0 Å². The van der Waals surface area contributed by atoms with Gasteiger partial charge in [0.25, 0.3) is 0 Å². The molecule has 0 saturated carbocycles. The van der Waals surface area contributed by atoms with E-state index in [0.717, 1.165) is 17.3 Å². The van der Waals surface area contributed by atoms with Crippen molar-refractivity contribution in [1.82, 2.24) is 0 Å². The van der Waals surface area contributed by atoms with Gasteiger partial charge in [0.2, 0.25) is 0 Å². The van der Waals surface area contributed by atoms with Crippen molar-refractivity contribution in [3.63, 3.8) is 0 Å². The standard InChI is InChI=1S/C21H26S3/c1-4-22-20(16-21(23-5-2)24-6-3)19-15-11-10-14-18(19)17-12-8-7-9-13-17/h7-16,20H,4-6H2,1-3H3. The van der Waals surface area contributed by atoms with Crippen LogP contribution in [0.15, 0.2) is 64.9 Å². The average Bonchev–Trinajstić information content (AvgIpc) is 2.62. The van der Waals surface area contributed by atoms with Crippen molar-refractivity contribution in [3.8, 4) is 11.1 Å². The summed E-state index contributed by atoms with van der Waals surface area (Å²) in [7, 11) is 0. The smallest absolute Gasteiger partial charge is 0.0502 e. The molecule has 2 aromatic rings. The van der Waals surface area contributed by atoms with Crippen LogP contribution in [0, 0.1) is 0 Å². The Kier molecular flexibility index (Phi) is 8.93. The number of rotatable bonds is 9. The lowest BCUT2D eigenvalue weighted by atomic mass is 9.97. The van der Waals surface area contributed by atoms with Gasteiger partial charge in [-0.05, 0) is 40.0 Å². The van der Waals surface area contributed by atoms with Gasteiger partial charge in [-0.25, -0.2) is 0 Å². The van der Waals surface area contributed by atoms with Crippen molar-refractivity contribution in [3.05, 3.63) is 70.5 Å². The third-order valence-electron chi connectivity index (χ3n) is 3.56. The van der Waals surface area contributed by atoms with Gasteiger partial charge in [0, 0.05) is 4.24 Å². The van der Waals surface area contributed by atoms with Crippen LogP contribution in [0.1, 0.15) is 31.6 Å². The molecule has 1 unspecified atom stereocenters. The van der Waals surface area contributed by atoms with E-state index >= 15 is 0 Å². The topological polar surface area (TPSA) is 0 Å². The Bertz CT molecular complexity index is 627. The minimum Gasteiger partial charge on any atom is -0.150 e. The largest absolute Gasteiger partial charge is 0.150 e. The maximum Gasteiger partial charge on any atom is 0.0502 e. The van der Waals surface area contributed by atoms with Gasteiger partial charge < -0.3 is 0 Å². The molecule has 0 spiro atoms. The SMILES string of the molecule is CCSC(=CC(SCC)c1ccccc1-c1ccccc1)SCC. The molecule has 128 valence electrons. The molecule has 0 nitrogen and oxygen atoms in total. The predicted octanol–water partition coefficient (Wildman–Crippen LogP) is 7.50. The second-order valence-electron chi connectivity index (χ2n) is 5.18. The van der Waals surface area contributed by atoms with Crippen LogP contribution in [-0.4, -0.2) is 17.3 Å². The molecule has 0 aliphatic carbocycles. The molecule has 0 heterocycles. The fourth-order valence-corrected chi connectivity index (χ4v) is 5.80. The van der Waals surface area contributed by atoms with Crippen molar-refractivity contribution in [2.75, 3.05) is 17.3 Å². The molecule has 0 saturated heterocycles. The van der Waals surface area contributed by atoms with E-state index in [0.29, 0.717) is 5.25 Å². The summed E-state index contributed by atoms with van der Waals surface area (Å²) in [6.45, 7) is 6.71. The zero-order valence-corrected chi connectivity index (χ0v) is 17.1. The Morgan fingerprint density at radius 3 is 2.08 bits per heavy atom. The van der Waals surface area contributed by atoms with Gasteiger partial charge in [-0.3, -0.25) is 0 Å². The highest BCUT2D eigenvalue weighted by atomic mass is 32.2. The number of thioether (sulfide) groups is 3. The number of hydrogen-bond donors (Lipinski definition) is 0. The minimum absolute atomic E-state index is 0.402. The molecule has 3 heteroatoms. The summed E-state index contributed by atoms with van der Waals surface area (Å²) in [4.78, 5) is 0. The van der Waals surface area contributed by atoms with Crippen LogP contribution in [0.5, 0.6) is 0 Å². The Hall–Kier alpha value is -0.770. The highest BCUT2D eigenvalue weighted by molar-refractivity contribution is 8.22. The predicted molar refractivity (Wildman–Crippen MR) is 117 cm³/mol. The van der Waals surface area contributed by atoms with Gasteiger partial charge >= 0.3 is 0 Å². The lowest BCUT2D eigenvalue weighted by Crippen LogP contribution is -1.96. The Morgan fingerprint density at radius 2 is 1.46 bits per heavy atom. The minimum atomic E-state index is 0.402. The van der Waals surface area contributed by atoms with Gasteiger partial charge in [-0.1, -0.05) is 75.4 Å². The summed E-state index contributed by atoms with van der Waals surface area (Å²) in [5, 5.41) is 0.402. The Balaban J connectivity index is 2.43. The lowest BCUT2D eigenvalue weighted by Gasteiger charge is -2.18. The summed E-state index contributed by atoms with van der Waals surface area (Å²) in [6.07, 6.45) is 2.47. The summed E-state index contributed by atoms with van der Waals surface area (Å²) in [5.41, 5.74) is 4.07. The molecule has 2 rings (SSSR count). The normalized spacial score (nSPS) is 12.0. The second-order valence-corrected chi connectivity index (χ2v) is 9.47. The first-order valence-corrected chi connectivity index (χ1v) is 11.5. The van der Waals surface area contributed by atoms with Gasteiger partial charge in [0.05, 0.1) is 5.25 Å². The van der Waals surface area contributed by atoms with Crippen molar-refractivity contribution in [2.45, 2.75) is 26.0 Å². The summed E-state index contributed by atoms with van der Waals surface area (Å²) in [5.74, 6) is 3.37. The first-order chi connectivity index (χ1) is 11.8. The van der Waals surface area contributed by atoms with Crippen molar-refractivity contribution in [1.29, 1.82) is 0 Å². The molecular weight excluding hydrogens is 348 g/mol. The lowest BCUT2D eigenvalue weighted by molar-refractivity contribution is 1.22. The number of benzene rings is 2. The fraction of sp³-hybridized carbons (Fsp3) is 0.333. The van der Waals surface area contributed by atoms with E-state index in [1.54, 1.807) is 0 Å². The van der Waals surface area contributed by atoms with Crippen molar-refractivity contribution >= 4 is 35.3 Å². The zero-order chi connectivity index (χ0) is 17.2. The molecule has 0 aliphatic heterocycles. The molecule has 1 atom stereocenters. The molecule has 0 bridgehead atoms. The van der Waals surface area contributed by atoms with E-state index in [2.05, 4.69) is 81.4 Å². The first-order valence-electron chi connectivity index (χ1n) is 8.53. The quantitative estimate of drug-likeness (QED) is 0.446. The van der Waals surface area contributed by atoms with Crippen LogP contribution >= 0.6 is 35.3 Å². The van der Waals surface area contributed by atoms with Crippen LogP contribution in [-0.2, 0) is 0 Å². The van der Waals surface area contributed by atoms with E-state index in [4.69, 9.17) is 0 Å². The molecule has 0 aromatic heterocycles. The third kappa shape index (κ3) is 5.65. The van der Waals surface area contributed by atoms with E-state index in [9.17, 15) is 0 Å². The second kappa shape index (κ2) is 11.0. The Morgan fingerprint density at radius 1 is 0.833 bits per heavy atom. The monoisotopic (exact) mass is 374 g/mol. The van der Waals surface area contributed by atoms with Gasteiger partial charge in [-0.2, -0.15) is 0 Å². The Labute approximate surface area is 159 Å². The molecule has 0 radical (unpaired) electrons. The molecule has 24 heavy (non-hydrogen) atoms. The maximum atomic E-state index is 2.47. The van der Waals surface area contributed by atoms with E-state index in [-0.39, 0.29) is 0 Å². The fourth-order valence-electron chi connectivity index (χ4n) is 2.58. The summed E-state index contributed by atoms with van der Waals surface area (Å²) < 4.78 is 1.45. The van der Waals surface area contributed by atoms with Crippen LogP contribution in [0.3, 0.4) is 0 Å². The molecular formula is C21H26S3. The van der Waals surface area contributed by atoms with Crippen LogP contribution in [0.25, 0.3) is 11.1 Å². The number of hydrogen-bond acceptors (Lipinski definition) is 3. The average molecular weight is 375 g/mol. The van der Waals surface area contributed by atoms with Crippen LogP contribution < -0.4 is 0 Å². The van der Waals surface area contributed by atoms with E-state index in [1.807, 2.05) is 35.3 Å². The van der Waals surface area contributed by atoms with Crippen LogP contribution in [0.2, 0.25) is 0 Å². The molecule has 0 aliphatic rings. The van der Waals surface area contributed by atoms with Gasteiger partial charge in [-0.15, -0.1) is 35.3 Å². The molecule has 0 N–H and O–H groups in total. The summed E-state index contributed by atoms with van der Waals surface area (Å²) >= 11 is 5.94. The van der Waals surface area contributed by atoms with Crippen LogP contribution in [0.4, 0.5) is 0 Å². The van der Waals surface area contributed by atoms with Crippen molar-refractivity contribution < 1.29 is 0 Å². The highest BCUT2D eigenvalue weighted by Gasteiger charge is 2.15. The highest BCUT2D eigenvalue weighted by Crippen LogP contribution is 2.40. The third-order valence-corrected chi connectivity index (χ3v) is 6.77. The van der Waals surface area contributed by atoms with Gasteiger partial charge in [0.15, 0.2) is 0 Å². The molecule has 0 amide bonds. The van der Waals surface area contributed by atoms with Gasteiger partial charge in [0.1, 0.15) is 0 Å².